The van der Waals surface area contributed by atoms with Crippen molar-refractivity contribution in [1.82, 2.24) is 4.90 Å². The topological polar surface area (TPSA) is 74.7 Å². The fourth-order valence-electron chi connectivity index (χ4n) is 1.24. The minimum Gasteiger partial charge on any atom is -0.480 e. The zero-order chi connectivity index (χ0) is 10.7. The van der Waals surface area contributed by atoms with E-state index in [1.54, 1.807) is 0 Å². The van der Waals surface area contributed by atoms with E-state index in [9.17, 15) is 14.4 Å². The highest BCUT2D eigenvalue weighted by atomic mass is 79.9. The van der Waals surface area contributed by atoms with Gasteiger partial charge in [0.25, 0.3) is 0 Å². The standard InChI is InChI=1S/C8H10BrNO4/c9-5(8(13)14)3-4-10-6(11)1-2-7(10)12/h5H,1-4H2,(H,13,14). The molecule has 0 bridgehead atoms. The summed E-state index contributed by atoms with van der Waals surface area (Å²) >= 11 is 2.94. The maximum Gasteiger partial charge on any atom is 0.317 e. The Labute approximate surface area is 89.2 Å². The monoisotopic (exact) mass is 263 g/mol. The number of amides is 2. The lowest BCUT2D eigenvalue weighted by Crippen LogP contribution is -2.32. The van der Waals surface area contributed by atoms with E-state index in [2.05, 4.69) is 15.9 Å². The molecule has 0 aromatic rings. The number of alkyl halides is 1. The van der Waals surface area contributed by atoms with Crippen LogP contribution in [-0.2, 0) is 14.4 Å². The minimum absolute atomic E-state index is 0.180. The van der Waals surface area contributed by atoms with Gasteiger partial charge in [0.05, 0.1) is 0 Å². The Morgan fingerprint density at radius 2 is 1.93 bits per heavy atom. The maximum atomic E-state index is 11.1. The predicted octanol–water partition coefficient (Wildman–Crippen LogP) is 0.374. The van der Waals surface area contributed by atoms with E-state index in [-0.39, 0.29) is 37.6 Å². The van der Waals surface area contributed by atoms with Gasteiger partial charge in [0, 0.05) is 19.4 Å². The molecule has 0 saturated carbocycles. The second-order valence-electron chi connectivity index (χ2n) is 3.03. The van der Waals surface area contributed by atoms with Crippen molar-refractivity contribution in [2.75, 3.05) is 6.54 Å². The van der Waals surface area contributed by atoms with Gasteiger partial charge in [0.15, 0.2) is 0 Å². The SMILES string of the molecule is O=C(O)C(Br)CCN1C(=O)CCC1=O. The van der Waals surface area contributed by atoms with E-state index in [0.717, 1.165) is 4.90 Å². The lowest BCUT2D eigenvalue weighted by atomic mass is 10.3. The van der Waals surface area contributed by atoms with Gasteiger partial charge >= 0.3 is 5.97 Å². The summed E-state index contributed by atoms with van der Waals surface area (Å²) in [6, 6.07) is 0. The summed E-state index contributed by atoms with van der Waals surface area (Å²) in [7, 11) is 0. The normalized spacial score (nSPS) is 18.8. The van der Waals surface area contributed by atoms with Crippen LogP contribution in [-0.4, -0.2) is 39.2 Å². The van der Waals surface area contributed by atoms with Crippen molar-refractivity contribution < 1.29 is 19.5 Å². The van der Waals surface area contributed by atoms with Gasteiger partial charge in [0.2, 0.25) is 11.8 Å². The molecule has 5 nitrogen and oxygen atoms in total. The lowest BCUT2D eigenvalue weighted by Gasteiger charge is -2.14. The molecule has 0 aromatic heterocycles. The van der Waals surface area contributed by atoms with Crippen molar-refractivity contribution in [3.05, 3.63) is 0 Å². The number of likely N-dealkylation sites (tertiary alicyclic amines) is 1. The number of carbonyl (C=O) groups excluding carboxylic acids is 2. The Balaban J connectivity index is 2.41. The second kappa shape index (κ2) is 4.54. The van der Waals surface area contributed by atoms with Gasteiger partial charge in [0.1, 0.15) is 4.83 Å². The lowest BCUT2D eigenvalue weighted by molar-refractivity contribution is -0.140. The smallest absolute Gasteiger partial charge is 0.317 e. The molecule has 1 atom stereocenters. The zero-order valence-electron chi connectivity index (χ0n) is 7.40. The third kappa shape index (κ3) is 2.54. The summed E-state index contributed by atoms with van der Waals surface area (Å²) in [6.45, 7) is 0.180. The molecular formula is C8H10BrNO4. The van der Waals surface area contributed by atoms with Crippen LogP contribution >= 0.6 is 15.9 Å². The number of carboxylic acids is 1. The van der Waals surface area contributed by atoms with Crippen LogP contribution in [0.3, 0.4) is 0 Å². The molecule has 0 aliphatic carbocycles. The second-order valence-corrected chi connectivity index (χ2v) is 4.14. The van der Waals surface area contributed by atoms with E-state index in [0.29, 0.717) is 0 Å². The molecule has 6 heteroatoms. The van der Waals surface area contributed by atoms with Crippen molar-refractivity contribution in [2.45, 2.75) is 24.1 Å². The van der Waals surface area contributed by atoms with Gasteiger partial charge in [-0.1, -0.05) is 15.9 Å². The van der Waals surface area contributed by atoms with E-state index < -0.39 is 10.8 Å². The Hall–Kier alpha value is -0.910. The third-order valence-corrected chi connectivity index (χ3v) is 2.88. The maximum absolute atomic E-state index is 11.1. The fourth-order valence-corrected chi connectivity index (χ4v) is 1.44. The van der Waals surface area contributed by atoms with Crippen LogP contribution in [0.5, 0.6) is 0 Å². The first-order valence-electron chi connectivity index (χ1n) is 4.22. The van der Waals surface area contributed by atoms with Gasteiger partial charge in [-0.2, -0.15) is 0 Å². The molecule has 2 amide bonds. The molecule has 1 rings (SSSR count). The zero-order valence-corrected chi connectivity index (χ0v) is 8.99. The molecule has 0 radical (unpaired) electrons. The minimum atomic E-state index is -0.982. The summed E-state index contributed by atoms with van der Waals surface area (Å²) < 4.78 is 0. The van der Waals surface area contributed by atoms with Gasteiger partial charge in [-0.15, -0.1) is 0 Å². The molecule has 1 saturated heterocycles. The van der Waals surface area contributed by atoms with Crippen LogP contribution in [0.15, 0.2) is 0 Å². The molecule has 14 heavy (non-hydrogen) atoms. The Morgan fingerprint density at radius 1 is 1.43 bits per heavy atom. The number of carbonyl (C=O) groups is 3. The van der Waals surface area contributed by atoms with Crippen molar-refractivity contribution in [3.8, 4) is 0 Å². The molecular weight excluding hydrogens is 254 g/mol. The summed E-state index contributed by atoms with van der Waals surface area (Å²) in [5.74, 6) is -1.40. The quantitative estimate of drug-likeness (QED) is 0.588. The highest BCUT2D eigenvalue weighted by Gasteiger charge is 2.29. The first-order valence-corrected chi connectivity index (χ1v) is 5.14. The molecule has 1 aliphatic heterocycles. The number of halogens is 1. The fraction of sp³-hybridized carbons (Fsp3) is 0.625. The molecule has 1 N–H and O–H groups in total. The average molecular weight is 264 g/mol. The van der Waals surface area contributed by atoms with Crippen molar-refractivity contribution in [2.24, 2.45) is 0 Å². The Kier molecular flexibility index (Phi) is 3.62. The van der Waals surface area contributed by atoms with Crippen LogP contribution in [0.4, 0.5) is 0 Å². The highest BCUT2D eigenvalue weighted by Crippen LogP contribution is 2.14. The Bertz CT molecular complexity index is 263. The molecule has 1 aliphatic rings. The molecule has 1 fully saturated rings. The summed E-state index contributed by atoms with van der Waals surface area (Å²) in [6.07, 6.45) is 0.741. The largest absolute Gasteiger partial charge is 0.480 e. The van der Waals surface area contributed by atoms with Crippen molar-refractivity contribution >= 4 is 33.7 Å². The number of nitrogens with zero attached hydrogens (tertiary/aromatic N) is 1. The number of hydrogen-bond acceptors (Lipinski definition) is 3. The van der Waals surface area contributed by atoms with E-state index in [4.69, 9.17) is 5.11 Å². The first-order chi connectivity index (χ1) is 6.52. The van der Waals surface area contributed by atoms with E-state index >= 15 is 0 Å². The van der Waals surface area contributed by atoms with Crippen LogP contribution < -0.4 is 0 Å². The van der Waals surface area contributed by atoms with E-state index in [1.165, 1.54) is 0 Å². The highest BCUT2D eigenvalue weighted by molar-refractivity contribution is 9.10. The third-order valence-electron chi connectivity index (χ3n) is 2.03. The van der Waals surface area contributed by atoms with Crippen LogP contribution in [0, 0.1) is 0 Å². The average Bonchev–Trinajstić information content (AvgIpc) is 2.43. The summed E-state index contributed by atoms with van der Waals surface area (Å²) in [5.41, 5.74) is 0. The number of carboxylic acid groups (broad SMARTS) is 1. The van der Waals surface area contributed by atoms with Crippen LogP contribution in [0.1, 0.15) is 19.3 Å². The molecule has 78 valence electrons. The number of aliphatic carboxylic acids is 1. The summed E-state index contributed by atoms with van der Waals surface area (Å²) in [4.78, 5) is 33.1. The van der Waals surface area contributed by atoms with Crippen LogP contribution in [0.25, 0.3) is 0 Å². The van der Waals surface area contributed by atoms with Crippen molar-refractivity contribution in [1.29, 1.82) is 0 Å². The molecule has 0 aromatic carbocycles. The predicted molar refractivity (Wildman–Crippen MR) is 50.9 cm³/mol. The van der Waals surface area contributed by atoms with E-state index in [1.807, 2.05) is 0 Å². The van der Waals surface area contributed by atoms with Gasteiger partial charge in [-0.25, -0.2) is 0 Å². The molecule has 1 unspecified atom stereocenters. The summed E-state index contributed by atoms with van der Waals surface area (Å²) in [5, 5.41) is 8.55. The van der Waals surface area contributed by atoms with Gasteiger partial charge in [-0.3, -0.25) is 19.3 Å². The Morgan fingerprint density at radius 3 is 2.36 bits per heavy atom. The van der Waals surface area contributed by atoms with Crippen molar-refractivity contribution in [3.63, 3.8) is 0 Å². The first kappa shape index (κ1) is 11.2. The molecule has 0 spiro atoms. The van der Waals surface area contributed by atoms with Crippen LogP contribution in [0.2, 0.25) is 0 Å². The van der Waals surface area contributed by atoms with Gasteiger partial charge in [-0.05, 0) is 6.42 Å². The number of imide groups is 1. The van der Waals surface area contributed by atoms with Gasteiger partial charge < -0.3 is 5.11 Å². The number of rotatable bonds is 4. The molecule has 1 heterocycles. The number of hydrogen-bond donors (Lipinski definition) is 1.